The summed E-state index contributed by atoms with van der Waals surface area (Å²) in [6, 6.07) is 0. The summed E-state index contributed by atoms with van der Waals surface area (Å²) >= 11 is 0. The van der Waals surface area contributed by atoms with Gasteiger partial charge in [-0.05, 0) is 32.5 Å². The number of carbonyl (C=O) groups excluding carboxylic acids is 1. The Morgan fingerprint density at radius 3 is 2.10 bits per heavy atom. The van der Waals surface area contributed by atoms with E-state index in [1.54, 1.807) is 0 Å². The minimum Gasteiger partial charge on any atom is -0.369 e. The Kier molecular flexibility index (Phi) is 7.44. The van der Waals surface area contributed by atoms with Gasteiger partial charge in [0.2, 0.25) is 0 Å². The summed E-state index contributed by atoms with van der Waals surface area (Å²) in [7, 11) is 0. The van der Waals surface area contributed by atoms with Crippen LogP contribution < -0.4 is 0 Å². The summed E-state index contributed by atoms with van der Waals surface area (Å²) in [4.78, 5) is 16.9. The van der Waals surface area contributed by atoms with Gasteiger partial charge in [0, 0.05) is 43.4 Å². The number of likely N-dealkylation sites (N-methyl/N-ethyl adjacent to an activating group) is 1. The molecule has 1 aliphatic rings. The molecule has 0 N–H and O–H groups in total. The molecule has 0 aromatic heterocycles. The van der Waals surface area contributed by atoms with Crippen molar-refractivity contribution >= 4 is 5.78 Å². The molecule has 0 aromatic rings. The third-order valence-corrected chi connectivity index (χ3v) is 4.03. The summed E-state index contributed by atoms with van der Waals surface area (Å²) in [5, 5.41) is 0. The number of hydrogen-bond acceptors (Lipinski definition) is 3. The second kappa shape index (κ2) is 8.83. The molecule has 3 heteroatoms. The van der Waals surface area contributed by atoms with E-state index in [1.807, 2.05) is 32.9 Å². The monoisotopic (exact) mass is 290 g/mol. The zero-order valence-electron chi connectivity index (χ0n) is 14.2. The highest BCUT2D eigenvalue weighted by Crippen LogP contribution is 2.14. The molecule has 1 rings (SSSR count). The fraction of sp³-hybridized carbons (Fsp3) is 0.611. The first kappa shape index (κ1) is 17.7. The van der Waals surface area contributed by atoms with Gasteiger partial charge in [0.1, 0.15) is 0 Å². The second-order valence-corrected chi connectivity index (χ2v) is 5.73. The number of nitrogens with zero attached hydrogens (tertiary/aromatic N) is 2. The van der Waals surface area contributed by atoms with Crippen molar-refractivity contribution in [2.24, 2.45) is 5.92 Å². The van der Waals surface area contributed by atoms with Gasteiger partial charge in [0.15, 0.2) is 5.78 Å². The Balaban J connectivity index is 2.70. The Bertz CT molecular complexity index is 424. The number of Topliss-reactive ketones (excluding diaryl/α,β-unsaturated/α-hetero) is 1. The fourth-order valence-electron chi connectivity index (χ4n) is 2.54. The van der Waals surface area contributed by atoms with Crippen molar-refractivity contribution in [1.29, 1.82) is 0 Å². The lowest BCUT2D eigenvalue weighted by molar-refractivity contribution is -0.117. The molecule has 0 saturated carbocycles. The van der Waals surface area contributed by atoms with Gasteiger partial charge in [-0.3, -0.25) is 4.79 Å². The van der Waals surface area contributed by atoms with Crippen LogP contribution in [0.4, 0.5) is 0 Å². The van der Waals surface area contributed by atoms with Crippen LogP contribution in [0.1, 0.15) is 34.6 Å². The highest BCUT2D eigenvalue weighted by Gasteiger charge is 2.16. The maximum atomic E-state index is 12.1. The molecule has 21 heavy (non-hydrogen) atoms. The molecular weight excluding hydrogens is 260 g/mol. The number of allylic oxidation sites excluding steroid dienone is 5. The van der Waals surface area contributed by atoms with Crippen LogP contribution in [0.2, 0.25) is 0 Å². The van der Waals surface area contributed by atoms with Gasteiger partial charge in [0.05, 0.1) is 0 Å². The van der Waals surface area contributed by atoms with Gasteiger partial charge >= 0.3 is 0 Å². The van der Waals surface area contributed by atoms with Crippen LogP contribution in [0.15, 0.2) is 35.6 Å². The summed E-state index contributed by atoms with van der Waals surface area (Å²) in [6.07, 6.45) is 8.08. The SMILES string of the molecule is C\C=C(/C=C\C(=C/C)N1CCN(CC)CC1)C(=O)C(C)C. The van der Waals surface area contributed by atoms with E-state index < -0.39 is 0 Å². The molecule has 0 atom stereocenters. The van der Waals surface area contributed by atoms with Crippen LogP contribution in [-0.2, 0) is 4.79 Å². The van der Waals surface area contributed by atoms with Gasteiger partial charge < -0.3 is 9.80 Å². The molecule has 118 valence electrons. The quantitative estimate of drug-likeness (QED) is 0.554. The molecule has 0 unspecified atom stereocenters. The standard InChI is InChI=1S/C18H30N2O/c1-6-16(18(21)15(4)5)9-10-17(7-2)20-13-11-19(8-3)12-14-20/h6-7,9-10,15H,8,11-14H2,1-5H3/b10-9-,16-6+,17-7+. The molecule has 1 saturated heterocycles. The van der Waals surface area contributed by atoms with Gasteiger partial charge in [-0.1, -0.05) is 32.9 Å². The summed E-state index contributed by atoms with van der Waals surface area (Å²) < 4.78 is 0. The maximum absolute atomic E-state index is 12.1. The van der Waals surface area contributed by atoms with E-state index in [1.165, 1.54) is 5.70 Å². The molecule has 1 heterocycles. The van der Waals surface area contributed by atoms with Gasteiger partial charge in [-0.25, -0.2) is 0 Å². The highest BCUT2D eigenvalue weighted by atomic mass is 16.1. The van der Waals surface area contributed by atoms with Crippen LogP contribution in [0.25, 0.3) is 0 Å². The molecule has 1 fully saturated rings. The van der Waals surface area contributed by atoms with Crippen molar-refractivity contribution in [3.05, 3.63) is 35.6 Å². The number of hydrogen-bond donors (Lipinski definition) is 0. The molecule has 1 aliphatic heterocycles. The van der Waals surface area contributed by atoms with Crippen molar-refractivity contribution in [3.63, 3.8) is 0 Å². The van der Waals surface area contributed by atoms with E-state index in [9.17, 15) is 4.79 Å². The highest BCUT2D eigenvalue weighted by molar-refractivity contribution is 5.99. The smallest absolute Gasteiger partial charge is 0.165 e. The van der Waals surface area contributed by atoms with Crippen LogP contribution >= 0.6 is 0 Å². The van der Waals surface area contributed by atoms with E-state index in [0.29, 0.717) is 0 Å². The lowest BCUT2D eigenvalue weighted by atomic mass is 10.0. The van der Waals surface area contributed by atoms with Crippen molar-refractivity contribution in [1.82, 2.24) is 9.80 Å². The Morgan fingerprint density at radius 1 is 1.05 bits per heavy atom. The minimum atomic E-state index is 0.0444. The average Bonchev–Trinajstić information content (AvgIpc) is 2.51. The van der Waals surface area contributed by atoms with E-state index in [-0.39, 0.29) is 11.7 Å². The van der Waals surface area contributed by atoms with Crippen molar-refractivity contribution < 1.29 is 4.79 Å². The molecule has 0 aliphatic carbocycles. The van der Waals surface area contributed by atoms with Gasteiger partial charge in [-0.2, -0.15) is 0 Å². The van der Waals surface area contributed by atoms with Gasteiger partial charge in [-0.15, -0.1) is 0 Å². The molecule has 0 bridgehead atoms. The summed E-state index contributed by atoms with van der Waals surface area (Å²) in [5.41, 5.74) is 2.01. The summed E-state index contributed by atoms with van der Waals surface area (Å²) in [6.45, 7) is 15.6. The van der Waals surface area contributed by atoms with Crippen LogP contribution in [0.3, 0.4) is 0 Å². The van der Waals surface area contributed by atoms with Crippen LogP contribution in [-0.4, -0.2) is 48.3 Å². The molecule has 0 aromatic carbocycles. The number of carbonyl (C=O) groups is 1. The third kappa shape index (κ3) is 5.16. The van der Waals surface area contributed by atoms with Crippen molar-refractivity contribution in [3.8, 4) is 0 Å². The normalized spacial score (nSPS) is 18.9. The van der Waals surface area contributed by atoms with E-state index in [2.05, 4.69) is 35.8 Å². The Morgan fingerprint density at radius 2 is 1.67 bits per heavy atom. The Hall–Kier alpha value is -1.35. The molecule has 0 amide bonds. The predicted octanol–water partition coefficient (Wildman–Crippen LogP) is 3.26. The lowest BCUT2D eigenvalue weighted by Gasteiger charge is -2.36. The first-order chi connectivity index (χ1) is 10.0. The largest absolute Gasteiger partial charge is 0.369 e. The van der Waals surface area contributed by atoms with Crippen LogP contribution in [0.5, 0.6) is 0 Å². The number of piperazine rings is 1. The third-order valence-electron chi connectivity index (χ3n) is 4.03. The number of rotatable bonds is 6. The van der Waals surface area contributed by atoms with E-state index >= 15 is 0 Å². The predicted molar refractivity (Wildman–Crippen MR) is 90.2 cm³/mol. The maximum Gasteiger partial charge on any atom is 0.165 e. The second-order valence-electron chi connectivity index (χ2n) is 5.73. The number of ketones is 1. The molecule has 3 nitrogen and oxygen atoms in total. The zero-order valence-corrected chi connectivity index (χ0v) is 14.2. The summed E-state index contributed by atoms with van der Waals surface area (Å²) in [5.74, 6) is 0.253. The van der Waals surface area contributed by atoms with Crippen LogP contribution in [0, 0.1) is 5.92 Å². The van der Waals surface area contributed by atoms with E-state index in [4.69, 9.17) is 0 Å². The van der Waals surface area contributed by atoms with Gasteiger partial charge in [0.25, 0.3) is 0 Å². The molecule has 0 radical (unpaired) electrons. The molecule has 0 spiro atoms. The fourth-order valence-corrected chi connectivity index (χ4v) is 2.54. The Labute approximate surface area is 130 Å². The average molecular weight is 290 g/mol. The minimum absolute atomic E-state index is 0.0444. The van der Waals surface area contributed by atoms with Crippen molar-refractivity contribution in [2.75, 3.05) is 32.7 Å². The van der Waals surface area contributed by atoms with Crippen molar-refractivity contribution in [2.45, 2.75) is 34.6 Å². The molecular formula is C18H30N2O. The zero-order chi connectivity index (χ0) is 15.8. The van der Waals surface area contributed by atoms with E-state index in [0.717, 1.165) is 38.3 Å². The first-order valence-corrected chi connectivity index (χ1v) is 8.05. The topological polar surface area (TPSA) is 23.6 Å². The first-order valence-electron chi connectivity index (χ1n) is 8.05. The lowest BCUT2D eigenvalue weighted by Crippen LogP contribution is -2.45.